The van der Waals surface area contributed by atoms with Crippen LogP contribution in [0, 0.1) is 5.92 Å². The lowest BCUT2D eigenvalue weighted by Gasteiger charge is -2.38. The van der Waals surface area contributed by atoms with E-state index in [1.807, 2.05) is 12.1 Å². The standard InChI is InChI=1S/C17H26ClN/c1-12(2)8-9-13(3)19-15-10-14(11-15)16-6-4-5-7-17(16)18/h4-7,12-15,19H,8-11H2,1-3H3. The number of nitrogens with one attached hydrogen (secondary N) is 1. The minimum Gasteiger partial charge on any atom is -0.311 e. The molecule has 1 nitrogen and oxygen atoms in total. The Hall–Kier alpha value is -0.530. The Morgan fingerprint density at radius 1 is 1.16 bits per heavy atom. The Balaban J connectivity index is 1.73. The maximum atomic E-state index is 6.25. The van der Waals surface area contributed by atoms with E-state index in [-0.39, 0.29) is 0 Å². The van der Waals surface area contributed by atoms with Crippen LogP contribution in [0.4, 0.5) is 0 Å². The van der Waals surface area contributed by atoms with Gasteiger partial charge in [-0.3, -0.25) is 0 Å². The van der Waals surface area contributed by atoms with Crippen molar-refractivity contribution >= 4 is 11.6 Å². The van der Waals surface area contributed by atoms with Gasteiger partial charge in [-0.1, -0.05) is 43.6 Å². The molecule has 0 bridgehead atoms. The first kappa shape index (κ1) is 14.9. The second-order valence-corrected chi connectivity index (χ2v) is 6.83. The van der Waals surface area contributed by atoms with Crippen LogP contribution < -0.4 is 5.32 Å². The molecule has 106 valence electrons. The van der Waals surface area contributed by atoms with Crippen molar-refractivity contribution in [1.29, 1.82) is 0 Å². The molecule has 1 aliphatic rings. The lowest BCUT2D eigenvalue weighted by atomic mass is 9.75. The molecule has 1 saturated carbocycles. The molecule has 1 aromatic rings. The zero-order valence-corrected chi connectivity index (χ0v) is 13.1. The lowest BCUT2D eigenvalue weighted by molar-refractivity contribution is 0.261. The van der Waals surface area contributed by atoms with E-state index in [2.05, 4.69) is 38.2 Å². The van der Waals surface area contributed by atoms with Gasteiger partial charge in [0.15, 0.2) is 0 Å². The average Bonchev–Trinajstić information content (AvgIpc) is 2.32. The fraction of sp³-hybridized carbons (Fsp3) is 0.647. The van der Waals surface area contributed by atoms with Crippen molar-refractivity contribution in [2.45, 2.75) is 64.5 Å². The van der Waals surface area contributed by atoms with Crippen molar-refractivity contribution in [2.75, 3.05) is 0 Å². The van der Waals surface area contributed by atoms with E-state index in [4.69, 9.17) is 11.6 Å². The molecule has 0 radical (unpaired) electrons. The SMILES string of the molecule is CC(C)CCC(C)NC1CC(c2ccccc2Cl)C1. The van der Waals surface area contributed by atoms with Gasteiger partial charge in [0.2, 0.25) is 0 Å². The van der Waals surface area contributed by atoms with Crippen LogP contribution in [0.2, 0.25) is 5.02 Å². The van der Waals surface area contributed by atoms with Gasteiger partial charge in [-0.2, -0.15) is 0 Å². The van der Waals surface area contributed by atoms with E-state index in [1.165, 1.54) is 31.2 Å². The molecule has 19 heavy (non-hydrogen) atoms. The highest BCUT2D eigenvalue weighted by Gasteiger charge is 2.31. The zero-order chi connectivity index (χ0) is 13.8. The highest BCUT2D eigenvalue weighted by molar-refractivity contribution is 6.31. The molecule has 1 aliphatic carbocycles. The number of hydrogen-bond acceptors (Lipinski definition) is 1. The molecular weight excluding hydrogens is 254 g/mol. The summed E-state index contributed by atoms with van der Waals surface area (Å²) < 4.78 is 0. The van der Waals surface area contributed by atoms with Crippen molar-refractivity contribution in [1.82, 2.24) is 5.32 Å². The molecule has 0 amide bonds. The summed E-state index contributed by atoms with van der Waals surface area (Å²) in [6.45, 7) is 6.90. The molecule has 0 spiro atoms. The smallest absolute Gasteiger partial charge is 0.0440 e. The third-order valence-electron chi connectivity index (χ3n) is 4.18. The summed E-state index contributed by atoms with van der Waals surface area (Å²) in [6.07, 6.45) is 5.06. The summed E-state index contributed by atoms with van der Waals surface area (Å²) in [4.78, 5) is 0. The Morgan fingerprint density at radius 3 is 2.47 bits per heavy atom. The van der Waals surface area contributed by atoms with Gasteiger partial charge in [-0.25, -0.2) is 0 Å². The quantitative estimate of drug-likeness (QED) is 0.773. The predicted molar refractivity (Wildman–Crippen MR) is 83.9 cm³/mol. The third kappa shape index (κ3) is 4.22. The molecule has 0 heterocycles. The number of hydrogen-bond donors (Lipinski definition) is 1. The molecule has 0 aliphatic heterocycles. The van der Waals surface area contributed by atoms with Gasteiger partial charge < -0.3 is 5.32 Å². The molecule has 1 unspecified atom stereocenters. The van der Waals surface area contributed by atoms with Gasteiger partial charge in [-0.15, -0.1) is 0 Å². The number of benzene rings is 1. The molecule has 1 aromatic carbocycles. The van der Waals surface area contributed by atoms with Gasteiger partial charge in [0.05, 0.1) is 0 Å². The largest absolute Gasteiger partial charge is 0.311 e. The van der Waals surface area contributed by atoms with Gasteiger partial charge in [0.25, 0.3) is 0 Å². The maximum Gasteiger partial charge on any atom is 0.0440 e. The number of halogens is 1. The first-order chi connectivity index (χ1) is 9.06. The second kappa shape index (κ2) is 6.76. The number of rotatable bonds is 6. The molecule has 1 N–H and O–H groups in total. The molecule has 2 heteroatoms. The molecule has 2 rings (SSSR count). The fourth-order valence-corrected chi connectivity index (χ4v) is 3.17. The van der Waals surface area contributed by atoms with Crippen LogP contribution in [0.15, 0.2) is 24.3 Å². The van der Waals surface area contributed by atoms with E-state index < -0.39 is 0 Å². The van der Waals surface area contributed by atoms with Crippen molar-refractivity contribution in [3.05, 3.63) is 34.9 Å². The van der Waals surface area contributed by atoms with Gasteiger partial charge in [0, 0.05) is 17.1 Å². The Morgan fingerprint density at radius 2 is 1.84 bits per heavy atom. The van der Waals surface area contributed by atoms with Gasteiger partial charge in [0.1, 0.15) is 0 Å². The van der Waals surface area contributed by atoms with Gasteiger partial charge >= 0.3 is 0 Å². The molecule has 0 aromatic heterocycles. The minimum atomic E-state index is 0.639. The van der Waals surface area contributed by atoms with Crippen LogP contribution in [0.3, 0.4) is 0 Å². The van der Waals surface area contributed by atoms with E-state index in [9.17, 15) is 0 Å². The van der Waals surface area contributed by atoms with E-state index in [0.717, 1.165) is 10.9 Å². The molecule has 0 saturated heterocycles. The molecule has 1 atom stereocenters. The summed E-state index contributed by atoms with van der Waals surface area (Å²) in [7, 11) is 0. The summed E-state index contributed by atoms with van der Waals surface area (Å²) in [5.41, 5.74) is 1.33. The van der Waals surface area contributed by atoms with E-state index >= 15 is 0 Å². The highest BCUT2D eigenvalue weighted by Crippen LogP contribution is 2.40. The normalized spacial score (nSPS) is 24.3. The molecule has 1 fully saturated rings. The third-order valence-corrected chi connectivity index (χ3v) is 4.52. The summed E-state index contributed by atoms with van der Waals surface area (Å²) in [5.74, 6) is 1.46. The van der Waals surface area contributed by atoms with Crippen LogP contribution in [0.1, 0.15) is 57.9 Å². The monoisotopic (exact) mass is 279 g/mol. The van der Waals surface area contributed by atoms with Crippen LogP contribution >= 0.6 is 11.6 Å². The average molecular weight is 280 g/mol. The summed E-state index contributed by atoms with van der Waals surface area (Å²) in [5, 5.41) is 4.68. The van der Waals surface area contributed by atoms with Gasteiger partial charge in [-0.05, 0) is 56.1 Å². The predicted octanol–water partition coefficient (Wildman–Crippen LogP) is 5.00. The fourth-order valence-electron chi connectivity index (χ4n) is 2.88. The van der Waals surface area contributed by atoms with Crippen molar-refractivity contribution in [3.8, 4) is 0 Å². The van der Waals surface area contributed by atoms with E-state index in [1.54, 1.807) is 0 Å². The van der Waals surface area contributed by atoms with Crippen LogP contribution in [0.5, 0.6) is 0 Å². The van der Waals surface area contributed by atoms with E-state index in [0.29, 0.717) is 18.0 Å². The zero-order valence-electron chi connectivity index (χ0n) is 12.3. The molecular formula is C17H26ClN. The van der Waals surface area contributed by atoms with Crippen molar-refractivity contribution in [3.63, 3.8) is 0 Å². The Kier molecular flexibility index (Phi) is 5.29. The summed E-state index contributed by atoms with van der Waals surface area (Å²) in [6, 6.07) is 9.60. The van der Waals surface area contributed by atoms with Crippen molar-refractivity contribution < 1.29 is 0 Å². The highest BCUT2D eigenvalue weighted by atomic mass is 35.5. The minimum absolute atomic E-state index is 0.639. The first-order valence-corrected chi connectivity index (χ1v) is 7.94. The van der Waals surface area contributed by atoms with Crippen LogP contribution in [-0.4, -0.2) is 12.1 Å². The Bertz CT molecular complexity index is 396. The van der Waals surface area contributed by atoms with Crippen molar-refractivity contribution in [2.24, 2.45) is 5.92 Å². The lowest BCUT2D eigenvalue weighted by Crippen LogP contribution is -2.44. The first-order valence-electron chi connectivity index (χ1n) is 7.56. The maximum absolute atomic E-state index is 6.25. The summed E-state index contributed by atoms with van der Waals surface area (Å²) >= 11 is 6.25. The van der Waals surface area contributed by atoms with Crippen LogP contribution in [-0.2, 0) is 0 Å². The Labute approximate surface area is 122 Å². The van der Waals surface area contributed by atoms with Crippen LogP contribution in [0.25, 0.3) is 0 Å². The second-order valence-electron chi connectivity index (χ2n) is 6.43. The topological polar surface area (TPSA) is 12.0 Å².